The van der Waals surface area contributed by atoms with E-state index in [2.05, 4.69) is 22.6 Å². The van der Waals surface area contributed by atoms with Crippen LogP contribution in [0.15, 0.2) is 24.7 Å². The second-order valence-corrected chi connectivity index (χ2v) is 7.21. The quantitative estimate of drug-likeness (QED) is 0.727. The summed E-state index contributed by atoms with van der Waals surface area (Å²) in [7, 11) is 0. The number of pyridine rings is 1. The van der Waals surface area contributed by atoms with E-state index >= 15 is 0 Å². The molecule has 9 heteroatoms. The molecule has 0 bridgehead atoms. The molecular weight excluding hydrogens is 346 g/mol. The van der Waals surface area contributed by atoms with Gasteiger partial charge in [0, 0.05) is 25.4 Å². The van der Waals surface area contributed by atoms with Crippen LogP contribution >= 0.6 is 0 Å². The lowest BCUT2D eigenvalue weighted by molar-refractivity contribution is -0.117. The number of anilines is 1. The minimum Gasteiger partial charge on any atom is -0.364 e. The van der Waals surface area contributed by atoms with Crippen LogP contribution in [0, 0.1) is 0 Å². The summed E-state index contributed by atoms with van der Waals surface area (Å²) in [4.78, 5) is 30.1. The molecule has 0 radical (unpaired) electrons. The summed E-state index contributed by atoms with van der Waals surface area (Å²) in [5.74, 6) is 0.113. The van der Waals surface area contributed by atoms with Crippen LogP contribution < -0.4 is 10.6 Å². The first kappa shape index (κ1) is 16.0. The highest BCUT2D eigenvalue weighted by molar-refractivity contribution is 5.98. The number of aromatic nitrogens is 5. The Balaban J connectivity index is 1.54. The maximum Gasteiger partial charge on any atom is 0.270 e. The van der Waals surface area contributed by atoms with Gasteiger partial charge in [-0.25, -0.2) is 9.67 Å². The predicted octanol–water partition coefficient (Wildman–Crippen LogP) is 1.08. The molecule has 27 heavy (non-hydrogen) atoms. The Bertz CT molecular complexity index is 1060. The predicted molar refractivity (Wildman–Crippen MR) is 96.4 cm³/mol. The Hall–Kier alpha value is -3.23. The van der Waals surface area contributed by atoms with Crippen molar-refractivity contribution in [2.24, 2.45) is 5.73 Å². The molecule has 2 aliphatic rings. The van der Waals surface area contributed by atoms with E-state index < -0.39 is 5.91 Å². The topological polar surface area (TPSA) is 111 Å². The number of nitrogens with zero attached hydrogens (tertiary/aromatic N) is 6. The van der Waals surface area contributed by atoms with Gasteiger partial charge in [0.1, 0.15) is 0 Å². The van der Waals surface area contributed by atoms with Crippen molar-refractivity contribution >= 4 is 23.1 Å². The molecular formula is C18H19N7O2. The van der Waals surface area contributed by atoms with Gasteiger partial charge in [-0.3, -0.25) is 9.59 Å². The molecule has 2 N–H and O–H groups in total. The van der Waals surface area contributed by atoms with Crippen LogP contribution in [-0.2, 0) is 11.3 Å². The van der Waals surface area contributed by atoms with Crippen LogP contribution in [0.1, 0.15) is 53.3 Å². The molecule has 4 heterocycles. The molecule has 2 amide bonds. The Morgan fingerprint density at radius 2 is 2.11 bits per heavy atom. The van der Waals surface area contributed by atoms with Gasteiger partial charge in [0.25, 0.3) is 5.91 Å². The molecule has 9 nitrogen and oxygen atoms in total. The summed E-state index contributed by atoms with van der Waals surface area (Å²) in [5, 5.41) is 7.68. The summed E-state index contributed by atoms with van der Waals surface area (Å²) in [6.07, 6.45) is 9.39. The van der Waals surface area contributed by atoms with Crippen molar-refractivity contribution in [3.05, 3.63) is 41.6 Å². The van der Waals surface area contributed by atoms with Crippen LogP contribution in [-0.4, -0.2) is 42.7 Å². The van der Waals surface area contributed by atoms with Gasteiger partial charge in [0.05, 0.1) is 24.1 Å². The third kappa shape index (κ3) is 2.84. The highest BCUT2D eigenvalue weighted by atomic mass is 16.2. The second kappa shape index (κ2) is 5.90. The van der Waals surface area contributed by atoms with Crippen LogP contribution in [0.3, 0.4) is 0 Å². The molecule has 3 aromatic heterocycles. The zero-order valence-electron chi connectivity index (χ0n) is 14.7. The van der Waals surface area contributed by atoms with Crippen molar-refractivity contribution < 1.29 is 9.59 Å². The van der Waals surface area contributed by atoms with E-state index in [9.17, 15) is 9.59 Å². The van der Waals surface area contributed by atoms with E-state index in [1.165, 1.54) is 29.3 Å². The molecule has 0 unspecified atom stereocenters. The van der Waals surface area contributed by atoms with Gasteiger partial charge < -0.3 is 15.0 Å². The molecule has 0 aromatic carbocycles. The summed E-state index contributed by atoms with van der Waals surface area (Å²) in [5.41, 5.74) is 9.01. The van der Waals surface area contributed by atoms with Crippen LogP contribution in [0.2, 0.25) is 0 Å². The molecule has 1 aliphatic heterocycles. The number of carbonyl (C=O) groups is 2. The van der Waals surface area contributed by atoms with Crippen molar-refractivity contribution in [1.82, 2.24) is 24.4 Å². The van der Waals surface area contributed by atoms with E-state index in [0.29, 0.717) is 18.9 Å². The number of amides is 2. The Morgan fingerprint density at radius 1 is 1.26 bits per heavy atom. The van der Waals surface area contributed by atoms with E-state index in [1.807, 2.05) is 15.5 Å². The van der Waals surface area contributed by atoms with Crippen LogP contribution in [0.25, 0.3) is 5.65 Å². The molecule has 5 rings (SSSR count). The summed E-state index contributed by atoms with van der Waals surface area (Å²) < 4.78 is 3.53. The van der Waals surface area contributed by atoms with E-state index in [4.69, 9.17) is 10.7 Å². The molecule has 1 saturated heterocycles. The summed E-state index contributed by atoms with van der Waals surface area (Å²) in [6, 6.07) is 2.12. The number of imidazole rings is 1. The van der Waals surface area contributed by atoms with Gasteiger partial charge >= 0.3 is 0 Å². The van der Waals surface area contributed by atoms with Gasteiger partial charge in [-0.15, -0.1) is 5.10 Å². The Morgan fingerprint density at radius 3 is 2.78 bits per heavy atom. The molecule has 138 valence electrons. The average Bonchev–Trinajstić information content (AvgIpc) is 3.03. The largest absolute Gasteiger partial charge is 0.364 e. The fraction of sp³-hybridized carbons (Fsp3) is 0.389. The lowest BCUT2D eigenvalue weighted by atomic mass is 10.1. The highest BCUT2D eigenvalue weighted by Gasteiger charge is 2.29. The monoisotopic (exact) mass is 365 g/mol. The number of rotatable bonds is 5. The maximum atomic E-state index is 12.3. The fourth-order valence-electron chi connectivity index (χ4n) is 3.62. The third-order valence-electron chi connectivity index (χ3n) is 5.13. The van der Waals surface area contributed by atoms with Gasteiger partial charge in [-0.1, -0.05) is 5.21 Å². The first-order valence-electron chi connectivity index (χ1n) is 9.10. The zero-order chi connectivity index (χ0) is 18.5. The van der Waals surface area contributed by atoms with Crippen molar-refractivity contribution in [3.63, 3.8) is 0 Å². The Labute approximate surface area is 154 Å². The lowest BCUT2D eigenvalue weighted by Gasteiger charge is -2.17. The number of carbonyl (C=O) groups excluding carboxylic acids is 2. The minimum atomic E-state index is -0.611. The van der Waals surface area contributed by atoms with Gasteiger partial charge in [-0.05, 0) is 36.8 Å². The van der Waals surface area contributed by atoms with Crippen molar-refractivity contribution in [2.45, 2.75) is 38.1 Å². The van der Waals surface area contributed by atoms with Crippen LogP contribution in [0.5, 0.6) is 0 Å². The van der Waals surface area contributed by atoms with Gasteiger partial charge in [0.15, 0.2) is 11.3 Å². The van der Waals surface area contributed by atoms with Crippen LogP contribution in [0.4, 0.5) is 5.69 Å². The first-order valence-corrected chi connectivity index (χ1v) is 9.10. The fourth-order valence-corrected chi connectivity index (χ4v) is 3.62. The van der Waals surface area contributed by atoms with E-state index in [0.717, 1.165) is 30.0 Å². The smallest absolute Gasteiger partial charge is 0.270 e. The molecule has 2 fully saturated rings. The SMILES string of the molecule is NC(=O)c1cn(Cc2cn3cc(C4CC4)cc(N4CCCC4=O)c3n2)nn1. The summed E-state index contributed by atoms with van der Waals surface area (Å²) >= 11 is 0. The minimum absolute atomic E-state index is 0.123. The molecule has 0 spiro atoms. The number of nitrogens with two attached hydrogens (primary N) is 1. The van der Waals surface area contributed by atoms with E-state index in [-0.39, 0.29) is 11.6 Å². The summed E-state index contributed by atoms with van der Waals surface area (Å²) in [6.45, 7) is 1.10. The molecule has 1 saturated carbocycles. The van der Waals surface area contributed by atoms with Gasteiger partial charge in [0.2, 0.25) is 5.91 Å². The van der Waals surface area contributed by atoms with Crippen molar-refractivity contribution in [3.8, 4) is 0 Å². The maximum absolute atomic E-state index is 12.3. The second-order valence-electron chi connectivity index (χ2n) is 7.21. The number of fused-ring (bicyclic) bond motifs is 1. The molecule has 1 aliphatic carbocycles. The molecule has 3 aromatic rings. The van der Waals surface area contributed by atoms with E-state index in [1.54, 1.807) is 0 Å². The number of hydrogen-bond acceptors (Lipinski definition) is 5. The lowest BCUT2D eigenvalue weighted by Crippen LogP contribution is -2.24. The highest BCUT2D eigenvalue weighted by Crippen LogP contribution is 2.42. The van der Waals surface area contributed by atoms with Crippen molar-refractivity contribution in [1.29, 1.82) is 0 Å². The molecule has 0 atom stereocenters. The standard InChI is InChI=1S/C18H19N7O2/c19-17(27)14-10-24(22-21-14)9-13-8-23-7-12(11-3-4-11)6-15(18(23)20-13)25-5-1-2-16(25)26/h6-8,10-11H,1-5,9H2,(H2,19,27). The Kier molecular flexibility index (Phi) is 3.49. The van der Waals surface area contributed by atoms with Gasteiger partial charge in [-0.2, -0.15) is 0 Å². The number of primary amides is 1. The first-order chi connectivity index (χ1) is 13.1. The van der Waals surface area contributed by atoms with Crippen molar-refractivity contribution in [2.75, 3.05) is 11.4 Å². The third-order valence-corrected chi connectivity index (χ3v) is 5.13. The normalized spacial score (nSPS) is 17.2. The number of hydrogen-bond donors (Lipinski definition) is 1. The zero-order valence-corrected chi connectivity index (χ0v) is 14.7. The average molecular weight is 365 g/mol.